The molecule has 4 aromatic rings. The number of nitrogens with zero attached hydrogens (tertiary/aromatic N) is 2. The van der Waals surface area contributed by atoms with Crippen LogP contribution in [0.2, 0.25) is 0 Å². The molecule has 1 aliphatic rings. The summed E-state index contributed by atoms with van der Waals surface area (Å²) in [4.78, 5) is 26.9. The van der Waals surface area contributed by atoms with Crippen molar-refractivity contribution in [2.75, 3.05) is 43.2 Å². The fraction of sp³-hybridized carbons (Fsp3) is 0.325. The summed E-state index contributed by atoms with van der Waals surface area (Å²) >= 11 is 0. The van der Waals surface area contributed by atoms with Crippen molar-refractivity contribution in [2.45, 2.75) is 52.3 Å². The van der Waals surface area contributed by atoms with Gasteiger partial charge < -0.3 is 34.7 Å². The number of aliphatic hydroxyl groups is 1. The fourth-order valence-corrected chi connectivity index (χ4v) is 5.87. The molecule has 0 saturated carbocycles. The standard InChI is InChI=1S/C40H42F3N3O7/c1-4-6-19-51-20-21-53-32-11-7-27(8-12-32)28-9-14-34-30(23-28)24-29(16-17-45(34)39(49)40(41,42)43)38(48)44-31-10-13-33(36(25-31)52-5-2)37(47)35-22-26(3)15-18-46(35)50/h7-15,18,22-25,37,47H,4-6,16-17,19-21H2,1-3H3,(H,44,48). The summed E-state index contributed by atoms with van der Waals surface area (Å²) in [6.07, 6.45) is -1.82. The molecule has 2 N–H and O–H groups in total. The molecule has 13 heteroatoms. The third kappa shape index (κ3) is 9.73. The first-order valence-corrected chi connectivity index (χ1v) is 17.4. The number of rotatable bonds is 14. The van der Waals surface area contributed by atoms with Gasteiger partial charge in [0.1, 0.15) is 18.1 Å². The molecule has 10 nitrogen and oxygen atoms in total. The van der Waals surface area contributed by atoms with Gasteiger partial charge in [-0.15, -0.1) is 0 Å². The number of aromatic nitrogens is 1. The number of benzene rings is 3. The predicted molar refractivity (Wildman–Crippen MR) is 195 cm³/mol. The zero-order valence-electron chi connectivity index (χ0n) is 29.7. The van der Waals surface area contributed by atoms with E-state index in [0.717, 1.165) is 24.0 Å². The maximum Gasteiger partial charge on any atom is 0.471 e. The molecule has 3 aromatic carbocycles. The van der Waals surface area contributed by atoms with E-state index in [4.69, 9.17) is 14.2 Å². The zero-order valence-corrected chi connectivity index (χ0v) is 29.7. The third-order valence-electron chi connectivity index (χ3n) is 8.61. The van der Waals surface area contributed by atoms with Crippen LogP contribution in [0, 0.1) is 12.1 Å². The number of fused-ring (bicyclic) bond motifs is 1. The molecular formula is C40H42F3N3O7. The summed E-state index contributed by atoms with van der Waals surface area (Å²) < 4.78 is 58.8. The van der Waals surface area contributed by atoms with Crippen LogP contribution in [0.5, 0.6) is 11.5 Å². The van der Waals surface area contributed by atoms with Crippen molar-refractivity contribution in [3.05, 3.63) is 112 Å². The number of anilines is 2. The molecule has 0 radical (unpaired) electrons. The number of amides is 2. The molecule has 53 heavy (non-hydrogen) atoms. The summed E-state index contributed by atoms with van der Waals surface area (Å²) in [5, 5.41) is 26.3. The smallest absolute Gasteiger partial charge is 0.471 e. The quantitative estimate of drug-likeness (QED) is 0.0793. The number of halogens is 3. The molecule has 0 fully saturated rings. The number of pyridine rings is 1. The van der Waals surface area contributed by atoms with Gasteiger partial charge in [0, 0.05) is 48.2 Å². The number of hydrogen-bond donors (Lipinski definition) is 2. The molecule has 1 unspecified atom stereocenters. The highest BCUT2D eigenvalue weighted by molar-refractivity contribution is 6.09. The first kappa shape index (κ1) is 38.8. The molecule has 0 bridgehead atoms. The Hall–Kier alpha value is -5.40. The minimum Gasteiger partial charge on any atom is -0.618 e. The van der Waals surface area contributed by atoms with Gasteiger partial charge in [-0.1, -0.05) is 37.6 Å². The lowest BCUT2D eigenvalue weighted by atomic mass is 10.00. The lowest BCUT2D eigenvalue weighted by molar-refractivity contribution is -0.617. The lowest BCUT2D eigenvalue weighted by Gasteiger charge is -2.24. The van der Waals surface area contributed by atoms with E-state index in [1.807, 2.05) is 12.1 Å². The molecule has 0 spiro atoms. The summed E-state index contributed by atoms with van der Waals surface area (Å²) in [6, 6.07) is 19.6. The SMILES string of the molecule is CCCCOCCOc1ccc(-c2ccc3c(c2)C=C(C(=O)Nc2ccc(C(O)c4cc(C)cc[n+]4[O-])c(OCC)c2)CCN3C(=O)C(F)(F)F)cc1. The van der Waals surface area contributed by atoms with Gasteiger partial charge in [-0.25, -0.2) is 0 Å². The van der Waals surface area contributed by atoms with E-state index in [2.05, 4.69) is 12.2 Å². The Bertz CT molecular complexity index is 1950. The molecule has 1 atom stereocenters. The van der Waals surface area contributed by atoms with Crippen LogP contribution in [0.1, 0.15) is 61.6 Å². The summed E-state index contributed by atoms with van der Waals surface area (Å²) in [7, 11) is 0. The number of nitrogens with one attached hydrogen (secondary N) is 1. The minimum absolute atomic E-state index is 0.0191. The molecular weight excluding hydrogens is 691 g/mol. The Balaban J connectivity index is 1.40. The number of aliphatic hydroxyl groups excluding tert-OH is 1. The van der Waals surface area contributed by atoms with Crippen LogP contribution < -0.4 is 24.4 Å². The summed E-state index contributed by atoms with van der Waals surface area (Å²) in [5.74, 6) is -1.79. The van der Waals surface area contributed by atoms with E-state index in [1.54, 1.807) is 50.2 Å². The van der Waals surface area contributed by atoms with E-state index in [-0.39, 0.29) is 53.5 Å². The second-order valence-electron chi connectivity index (χ2n) is 12.5. The van der Waals surface area contributed by atoms with Gasteiger partial charge >= 0.3 is 12.1 Å². The molecule has 2 heterocycles. The molecule has 1 aromatic heterocycles. The molecule has 280 valence electrons. The van der Waals surface area contributed by atoms with Crippen molar-refractivity contribution in [3.63, 3.8) is 0 Å². The highest BCUT2D eigenvalue weighted by Crippen LogP contribution is 2.36. The van der Waals surface area contributed by atoms with E-state index < -0.39 is 24.1 Å². The second kappa shape index (κ2) is 17.4. The van der Waals surface area contributed by atoms with Crippen molar-refractivity contribution in [2.24, 2.45) is 0 Å². The van der Waals surface area contributed by atoms with E-state index in [0.29, 0.717) is 46.3 Å². The number of carbonyl (C=O) groups excluding carboxylic acids is 2. The van der Waals surface area contributed by atoms with Gasteiger partial charge in [0.15, 0.2) is 12.3 Å². The monoisotopic (exact) mass is 733 g/mol. The Kier molecular flexibility index (Phi) is 12.8. The first-order chi connectivity index (χ1) is 25.4. The molecule has 0 aliphatic carbocycles. The molecule has 1 aliphatic heterocycles. The van der Waals surface area contributed by atoms with Crippen molar-refractivity contribution >= 4 is 29.3 Å². The van der Waals surface area contributed by atoms with Crippen LogP contribution >= 0.6 is 0 Å². The first-order valence-electron chi connectivity index (χ1n) is 17.4. The van der Waals surface area contributed by atoms with Gasteiger partial charge in [-0.05, 0) is 85.4 Å². The number of carbonyl (C=O) groups is 2. The zero-order chi connectivity index (χ0) is 38.1. The van der Waals surface area contributed by atoms with Crippen LogP contribution in [0.3, 0.4) is 0 Å². The highest BCUT2D eigenvalue weighted by Gasteiger charge is 2.44. The molecule has 5 rings (SSSR count). The number of ether oxygens (including phenoxy) is 3. The number of unbranched alkanes of at least 4 members (excludes halogenated alkanes) is 1. The predicted octanol–water partition coefficient (Wildman–Crippen LogP) is 7.29. The highest BCUT2D eigenvalue weighted by atomic mass is 19.4. The summed E-state index contributed by atoms with van der Waals surface area (Å²) in [6.45, 7) is 6.97. The van der Waals surface area contributed by atoms with E-state index in [1.165, 1.54) is 36.5 Å². The third-order valence-corrected chi connectivity index (χ3v) is 8.61. The van der Waals surface area contributed by atoms with Gasteiger partial charge in [-0.2, -0.15) is 17.9 Å². The van der Waals surface area contributed by atoms with Gasteiger partial charge in [0.2, 0.25) is 5.69 Å². The van der Waals surface area contributed by atoms with Gasteiger partial charge in [-0.3, -0.25) is 9.59 Å². The van der Waals surface area contributed by atoms with Crippen LogP contribution in [-0.2, 0) is 14.3 Å². The van der Waals surface area contributed by atoms with E-state index in [9.17, 15) is 33.1 Å². The number of aryl methyl sites for hydroxylation is 1. The van der Waals surface area contributed by atoms with Crippen LogP contribution in [0.15, 0.2) is 84.6 Å². The Morgan fingerprint density at radius 1 is 0.962 bits per heavy atom. The van der Waals surface area contributed by atoms with Crippen molar-refractivity contribution in [1.29, 1.82) is 0 Å². The largest absolute Gasteiger partial charge is 0.618 e. The fourth-order valence-electron chi connectivity index (χ4n) is 5.87. The Morgan fingerprint density at radius 2 is 1.72 bits per heavy atom. The second-order valence-corrected chi connectivity index (χ2v) is 12.5. The number of hydrogen-bond acceptors (Lipinski definition) is 7. The Morgan fingerprint density at radius 3 is 2.43 bits per heavy atom. The lowest BCUT2D eigenvalue weighted by Crippen LogP contribution is -2.42. The summed E-state index contributed by atoms with van der Waals surface area (Å²) in [5.41, 5.74) is 3.26. The normalized spacial score (nSPS) is 13.4. The maximum atomic E-state index is 13.7. The van der Waals surface area contributed by atoms with Crippen molar-refractivity contribution in [3.8, 4) is 22.6 Å². The van der Waals surface area contributed by atoms with Crippen LogP contribution in [0.25, 0.3) is 17.2 Å². The van der Waals surface area contributed by atoms with Crippen LogP contribution in [-0.4, -0.2) is 56.1 Å². The van der Waals surface area contributed by atoms with Crippen molar-refractivity contribution < 1.29 is 46.8 Å². The molecule has 0 saturated heterocycles. The van der Waals surface area contributed by atoms with Crippen LogP contribution in [0.4, 0.5) is 24.5 Å². The topological polar surface area (TPSA) is 124 Å². The Labute approximate surface area is 306 Å². The minimum atomic E-state index is -5.13. The molecule has 2 amide bonds. The average Bonchev–Trinajstić information content (AvgIpc) is 3.33. The maximum absolute atomic E-state index is 13.7. The van der Waals surface area contributed by atoms with E-state index >= 15 is 0 Å². The van der Waals surface area contributed by atoms with Gasteiger partial charge in [0.25, 0.3) is 5.91 Å². The average molecular weight is 734 g/mol. The number of alkyl halides is 3. The van der Waals surface area contributed by atoms with Gasteiger partial charge in [0.05, 0.1) is 18.9 Å². The van der Waals surface area contributed by atoms with Crippen molar-refractivity contribution in [1.82, 2.24) is 0 Å².